The van der Waals surface area contributed by atoms with Crippen molar-refractivity contribution in [1.29, 1.82) is 0 Å². The number of guanidine groups is 1. The number of rotatable bonds is 10. The number of aliphatic imine (C=N–C) groups is 1. The minimum atomic E-state index is -2.98. The Morgan fingerprint density at radius 2 is 2.17 bits per heavy atom. The first-order chi connectivity index (χ1) is 14.4. The zero-order chi connectivity index (χ0) is 21.9. The molecular weight excluding hydrogens is 398 g/mol. The third-order valence-corrected chi connectivity index (χ3v) is 4.46. The van der Waals surface area contributed by atoms with Crippen molar-refractivity contribution in [2.75, 3.05) is 47.0 Å². The van der Waals surface area contributed by atoms with Crippen LogP contribution in [-0.2, 0) is 16.1 Å². The third kappa shape index (κ3) is 7.66. The van der Waals surface area contributed by atoms with Crippen molar-refractivity contribution >= 4 is 11.9 Å². The number of amides is 1. The number of hydrogen-bond acceptors (Lipinski definition) is 5. The normalized spacial score (nSPS) is 16.5. The van der Waals surface area contributed by atoms with E-state index in [2.05, 4.69) is 20.4 Å². The molecule has 1 saturated heterocycles. The van der Waals surface area contributed by atoms with Gasteiger partial charge in [0.15, 0.2) is 17.5 Å². The van der Waals surface area contributed by atoms with Gasteiger partial charge in [-0.15, -0.1) is 0 Å². The Morgan fingerprint density at radius 3 is 2.80 bits per heavy atom. The van der Waals surface area contributed by atoms with Gasteiger partial charge >= 0.3 is 6.61 Å². The molecule has 0 spiro atoms. The van der Waals surface area contributed by atoms with Gasteiger partial charge in [-0.05, 0) is 19.4 Å². The Hall–Kier alpha value is -2.62. The van der Waals surface area contributed by atoms with E-state index in [-0.39, 0.29) is 30.5 Å². The van der Waals surface area contributed by atoms with Crippen molar-refractivity contribution in [3.63, 3.8) is 0 Å². The number of ether oxygens (including phenoxy) is 3. The van der Waals surface area contributed by atoms with Crippen LogP contribution in [0.5, 0.6) is 11.5 Å². The highest BCUT2D eigenvalue weighted by Crippen LogP contribution is 2.33. The maximum absolute atomic E-state index is 12.9. The molecule has 30 heavy (non-hydrogen) atoms. The summed E-state index contributed by atoms with van der Waals surface area (Å²) < 4.78 is 41.3. The molecule has 0 radical (unpaired) electrons. The summed E-state index contributed by atoms with van der Waals surface area (Å²) in [5.74, 6) is 0.834. The fraction of sp³-hybridized carbons (Fsp3) is 0.600. The number of halogens is 2. The van der Waals surface area contributed by atoms with Crippen LogP contribution in [-0.4, -0.2) is 70.4 Å². The highest BCUT2D eigenvalue weighted by molar-refractivity contribution is 5.86. The lowest BCUT2D eigenvalue weighted by Crippen LogP contribution is -2.44. The summed E-state index contributed by atoms with van der Waals surface area (Å²) in [5.41, 5.74) is 0.450. The van der Waals surface area contributed by atoms with Gasteiger partial charge in [-0.2, -0.15) is 8.78 Å². The van der Waals surface area contributed by atoms with Crippen LogP contribution in [0.3, 0.4) is 0 Å². The van der Waals surface area contributed by atoms with Gasteiger partial charge in [0.25, 0.3) is 0 Å². The highest BCUT2D eigenvalue weighted by atomic mass is 19.3. The Morgan fingerprint density at radius 1 is 1.37 bits per heavy atom. The van der Waals surface area contributed by atoms with Gasteiger partial charge in [-0.1, -0.05) is 12.1 Å². The largest absolute Gasteiger partial charge is 0.490 e. The molecule has 1 atom stereocenters. The summed E-state index contributed by atoms with van der Waals surface area (Å²) >= 11 is 0. The smallest absolute Gasteiger partial charge is 0.387 e. The van der Waals surface area contributed by atoms with Crippen molar-refractivity contribution < 1.29 is 27.8 Å². The lowest BCUT2D eigenvalue weighted by Gasteiger charge is -2.17. The van der Waals surface area contributed by atoms with Gasteiger partial charge in [0, 0.05) is 38.7 Å². The van der Waals surface area contributed by atoms with Crippen molar-refractivity contribution in [2.24, 2.45) is 10.9 Å². The van der Waals surface area contributed by atoms with Gasteiger partial charge < -0.3 is 29.7 Å². The minimum absolute atomic E-state index is 0.0361. The third-order valence-electron chi connectivity index (χ3n) is 4.46. The Bertz CT molecular complexity index is 710. The van der Waals surface area contributed by atoms with E-state index in [0.717, 1.165) is 13.0 Å². The monoisotopic (exact) mass is 428 g/mol. The second kappa shape index (κ2) is 12.2. The fourth-order valence-corrected chi connectivity index (χ4v) is 2.82. The molecule has 1 aliphatic heterocycles. The first-order valence-corrected chi connectivity index (χ1v) is 9.90. The van der Waals surface area contributed by atoms with Gasteiger partial charge in [-0.25, -0.2) is 4.99 Å². The number of likely N-dealkylation sites (N-methyl/N-ethyl adjacent to an activating group) is 1. The Balaban J connectivity index is 2.15. The molecule has 8 nitrogen and oxygen atoms in total. The second-order valence-electron chi connectivity index (χ2n) is 6.97. The van der Waals surface area contributed by atoms with Gasteiger partial charge in [-0.3, -0.25) is 4.79 Å². The number of benzene rings is 1. The number of carbonyl (C=O) groups excluding carboxylic acids is 1. The SMILES string of the molecule is CCOc1cccc(CN=C(NCC(=O)N(C)C)NCC2CCOC2)c1OC(F)F. The maximum atomic E-state index is 12.9. The molecular formula is C20H30F2N4O4. The summed E-state index contributed by atoms with van der Waals surface area (Å²) in [4.78, 5) is 17.8. The summed E-state index contributed by atoms with van der Waals surface area (Å²) in [5, 5.41) is 6.18. The molecule has 1 heterocycles. The molecule has 0 bridgehead atoms. The van der Waals surface area contributed by atoms with Crippen LogP contribution in [0, 0.1) is 5.92 Å². The maximum Gasteiger partial charge on any atom is 0.387 e. The lowest BCUT2D eigenvalue weighted by atomic mass is 10.1. The summed E-state index contributed by atoms with van der Waals surface area (Å²) in [6.07, 6.45) is 0.944. The van der Waals surface area contributed by atoms with E-state index in [9.17, 15) is 13.6 Å². The summed E-state index contributed by atoms with van der Waals surface area (Å²) in [7, 11) is 3.33. The molecule has 0 aromatic heterocycles. The van der Waals surface area contributed by atoms with E-state index in [1.807, 2.05) is 0 Å². The highest BCUT2D eigenvalue weighted by Gasteiger charge is 2.18. The van der Waals surface area contributed by atoms with Gasteiger partial charge in [0.2, 0.25) is 5.91 Å². The van der Waals surface area contributed by atoms with Crippen LogP contribution in [0.4, 0.5) is 8.78 Å². The average Bonchev–Trinajstić information content (AvgIpc) is 3.22. The molecule has 2 N–H and O–H groups in total. The van der Waals surface area contributed by atoms with Crippen LogP contribution < -0.4 is 20.1 Å². The Kier molecular flexibility index (Phi) is 9.59. The number of hydrogen-bond donors (Lipinski definition) is 2. The zero-order valence-corrected chi connectivity index (χ0v) is 17.6. The van der Waals surface area contributed by atoms with Crippen molar-refractivity contribution in [1.82, 2.24) is 15.5 Å². The number of para-hydroxylation sites is 1. The molecule has 0 aliphatic carbocycles. The molecule has 0 saturated carbocycles. The van der Waals surface area contributed by atoms with Gasteiger partial charge in [0.05, 0.1) is 26.3 Å². The zero-order valence-electron chi connectivity index (χ0n) is 17.6. The summed E-state index contributed by atoms with van der Waals surface area (Å²) in [6, 6.07) is 4.92. The molecule has 1 unspecified atom stereocenters. The van der Waals surface area contributed by atoms with E-state index >= 15 is 0 Å². The van der Waals surface area contributed by atoms with Crippen LogP contribution in [0.1, 0.15) is 18.9 Å². The molecule has 1 aromatic carbocycles. The fourth-order valence-electron chi connectivity index (χ4n) is 2.82. The topological polar surface area (TPSA) is 84.4 Å². The first kappa shape index (κ1) is 23.7. The first-order valence-electron chi connectivity index (χ1n) is 9.90. The average molecular weight is 428 g/mol. The van der Waals surface area contributed by atoms with E-state index in [4.69, 9.17) is 9.47 Å². The van der Waals surface area contributed by atoms with E-state index in [1.165, 1.54) is 4.90 Å². The van der Waals surface area contributed by atoms with Crippen molar-refractivity contribution in [3.05, 3.63) is 23.8 Å². The van der Waals surface area contributed by atoms with E-state index in [1.54, 1.807) is 39.2 Å². The lowest BCUT2D eigenvalue weighted by molar-refractivity contribution is -0.127. The van der Waals surface area contributed by atoms with E-state index < -0.39 is 6.61 Å². The predicted octanol–water partition coefficient (Wildman–Crippen LogP) is 1.85. The molecule has 1 fully saturated rings. The molecule has 1 aliphatic rings. The number of alkyl halides is 2. The second-order valence-corrected chi connectivity index (χ2v) is 6.97. The predicted molar refractivity (Wildman–Crippen MR) is 109 cm³/mol. The quantitative estimate of drug-likeness (QED) is 0.437. The van der Waals surface area contributed by atoms with Crippen LogP contribution in [0.2, 0.25) is 0 Å². The number of carbonyl (C=O) groups is 1. The molecule has 10 heteroatoms. The summed E-state index contributed by atoms with van der Waals surface area (Å²) in [6.45, 7) is 1.24. The standard InChI is InChI=1S/C20H30F2N4O4/c1-4-29-16-7-5-6-15(18(16)30-19(21)22)11-24-20(25-12-17(27)26(2)3)23-10-14-8-9-28-13-14/h5-7,14,19H,4,8-13H2,1-3H3,(H2,23,24,25). The molecule has 1 aromatic rings. The van der Waals surface area contributed by atoms with E-state index in [0.29, 0.717) is 37.2 Å². The number of nitrogens with one attached hydrogen (secondary N) is 2. The van der Waals surface area contributed by atoms with Crippen LogP contribution >= 0.6 is 0 Å². The Labute approximate surface area is 175 Å². The molecule has 2 rings (SSSR count). The number of nitrogens with zero attached hydrogens (tertiary/aromatic N) is 2. The van der Waals surface area contributed by atoms with Crippen molar-refractivity contribution in [3.8, 4) is 11.5 Å². The van der Waals surface area contributed by atoms with Gasteiger partial charge in [0.1, 0.15) is 0 Å². The van der Waals surface area contributed by atoms with Crippen LogP contribution in [0.15, 0.2) is 23.2 Å². The minimum Gasteiger partial charge on any atom is -0.490 e. The van der Waals surface area contributed by atoms with Crippen LogP contribution in [0.25, 0.3) is 0 Å². The molecule has 1 amide bonds. The van der Waals surface area contributed by atoms with Crippen molar-refractivity contribution in [2.45, 2.75) is 26.5 Å². The molecule has 168 valence electrons.